The molecule has 1 N–H and O–H groups in total. The zero-order valence-corrected chi connectivity index (χ0v) is 15.7. The molecular formula is C22H20N2O5. The molecule has 0 aliphatic carbocycles. The molecule has 2 atom stereocenters. The second kappa shape index (κ2) is 6.92. The lowest BCUT2D eigenvalue weighted by molar-refractivity contribution is -0.136. The number of hydrogen-bond acceptors (Lipinski definition) is 5. The summed E-state index contributed by atoms with van der Waals surface area (Å²) in [6.07, 6.45) is 0.581. The number of nitrogens with one attached hydrogen (secondary N) is 1. The molecule has 0 radical (unpaired) electrons. The van der Waals surface area contributed by atoms with Crippen molar-refractivity contribution in [2.45, 2.75) is 31.3 Å². The molecule has 5 rings (SSSR count). The van der Waals surface area contributed by atoms with Gasteiger partial charge in [0.25, 0.3) is 5.91 Å². The van der Waals surface area contributed by atoms with E-state index >= 15 is 0 Å². The number of amides is 3. The van der Waals surface area contributed by atoms with Crippen LogP contribution >= 0.6 is 0 Å². The maximum Gasteiger partial charge on any atom is 0.255 e. The van der Waals surface area contributed by atoms with Crippen LogP contribution in [0, 0.1) is 0 Å². The van der Waals surface area contributed by atoms with Gasteiger partial charge in [-0.1, -0.05) is 24.3 Å². The van der Waals surface area contributed by atoms with E-state index in [1.165, 1.54) is 4.90 Å². The van der Waals surface area contributed by atoms with Gasteiger partial charge in [-0.05, 0) is 24.6 Å². The van der Waals surface area contributed by atoms with Crippen molar-refractivity contribution in [3.63, 3.8) is 0 Å². The Hall–Kier alpha value is -3.35. The highest BCUT2D eigenvalue weighted by Crippen LogP contribution is 2.36. The van der Waals surface area contributed by atoms with Crippen molar-refractivity contribution in [3.8, 4) is 11.5 Å². The number of benzene rings is 2. The van der Waals surface area contributed by atoms with Crippen LogP contribution in [0.25, 0.3) is 0 Å². The first kappa shape index (κ1) is 17.7. The molecule has 3 aliphatic heterocycles. The van der Waals surface area contributed by atoms with Crippen molar-refractivity contribution in [2.75, 3.05) is 13.2 Å². The molecule has 3 amide bonds. The van der Waals surface area contributed by atoms with Gasteiger partial charge in [0.05, 0.1) is 25.7 Å². The number of imide groups is 1. The quantitative estimate of drug-likeness (QED) is 0.805. The fourth-order valence-electron chi connectivity index (χ4n) is 4.25. The van der Waals surface area contributed by atoms with E-state index in [2.05, 4.69) is 5.32 Å². The molecule has 29 heavy (non-hydrogen) atoms. The topological polar surface area (TPSA) is 84.9 Å². The summed E-state index contributed by atoms with van der Waals surface area (Å²) < 4.78 is 11.8. The van der Waals surface area contributed by atoms with Gasteiger partial charge in [-0.3, -0.25) is 19.7 Å². The predicted octanol–water partition coefficient (Wildman–Crippen LogP) is 2.00. The standard InChI is InChI=1S/C22H20N2O5/c25-20-9-8-17(21(26)23-20)24-10-16-15(22(24)27)5-3-7-19(16)29-12-13-11-28-18-6-2-1-4-14(13)18/h1-7,13,17H,8-12H2,(H,23,25,26). The van der Waals surface area contributed by atoms with Crippen LogP contribution in [0.1, 0.15) is 40.2 Å². The highest BCUT2D eigenvalue weighted by Gasteiger charge is 2.40. The van der Waals surface area contributed by atoms with E-state index in [-0.39, 0.29) is 24.2 Å². The number of para-hydroxylation sites is 1. The van der Waals surface area contributed by atoms with E-state index in [1.807, 2.05) is 30.3 Å². The number of ether oxygens (including phenoxy) is 2. The summed E-state index contributed by atoms with van der Waals surface area (Å²) in [5, 5.41) is 2.32. The minimum atomic E-state index is -0.629. The molecule has 2 aromatic rings. The summed E-state index contributed by atoms with van der Waals surface area (Å²) in [6, 6.07) is 12.7. The first-order chi connectivity index (χ1) is 14.1. The molecule has 1 fully saturated rings. The highest BCUT2D eigenvalue weighted by atomic mass is 16.5. The predicted molar refractivity (Wildman–Crippen MR) is 103 cm³/mol. The van der Waals surface area contributed by atoms with Crippen LogP contribution in [0.4, 0.5) is 0 Å². The SMILES string of the molecule is O=C1CCC(N2Cc3c(OCC4COc5ccccc54)cccc3C2=O)C(=O)N1. The van der Waals surface area contributed by atoms with Gasteiger partial charge >= 0.3 is 0 Å². The lowest BCUT2D eigenvalue weighted by Crippen LogP contribution is -2.52. The van der Waals surface area contributed by atoms with Crippen molar-refractivity contribution in [3.05, 3.63) is 59.2 Å². The van der Waals surface area contributed by atoms with Crippen LogP contribution in [0.5, 0.6) is 11.5 Å². The van der Waals surface area contributed by atoms with Crippen molar-refractivity contribution >= 4 is 17.7 Å². The summed E-state index contributed by atoms with van der Waals surface area (Å²) in [5.74, 6) is 0.761. The van der Waals surface area contributed by atoms with Gasteiger partial charge in [-0.2, -0.15) is 0 Å². The van der Waals surface area contributed by atoms with Crippen molar-refractivity contribution in [1.29, 1.82) is 0 Å². The third-order valence-electron chi connectivity index (χ3n) is 5.78. The monoisotopic (exact) mass is 392 g/mol. The Kier molecular flexibility index (Phi) is 4.23. The van der Waals surface area contributed by atoms with Crippen LogP contribution in [-0.4, -0.2) is 41.9 Å². The molecule has 1 saturated heterocycles. The third-order valence-corrected chi connectivity index (χ3v) is 5.78. The maximum absolute atomic E-state index is 12.9. The molecule has 0 spiro atoms. The number of piperidine rings is 1. The average molecular weight is 392 g/mol. The molecule has 3 heterocycles. The molecule has 0 aromatic heterocycles. The molecule has 2 aromatic carbocycles. The molecule has 148 valence electrons. The van der Waals surface area contributed by atoms with Gasteiger partial charge in [0.1, 0.15) is 17.5 Å². The van der Waals surface area contributed by atoms with Crippen molar-refractivity contribution in [2.24, 2.45) is 0 Å². The van der Waals surface area contributed by atoms with Gasteiger partial charge in [0, 0.05) is 23.1 Å². The number of hydrogen-bond donors (Lipinski definition) is 1. The zero-order valence-electron chi connectivity index (χ0n) is 15.7. The summed E-state index contributed by atoms with van der Waals surface area (Å²) in [6.45, 7) is 1.31. The average Bonchev–Trinajstić information content (AvgIpc) is 3.28. The Balaban J connectivity index is 1.34. The van der Waals surface area contributed by atoms with E-state index in [0.717, 1.165) is 16.9 Å². The maximum atomic E-state index is 12.9. The summed E-state index contributed by atoms with van der Waals surface area (Å²) in [5.41, 5.74) is 2.46. The highest BCUT2D eigenvalue weighted by molar-refractivity contribution is 6.05. The normalized spacial score (nSPS) is 22.8. The lowest BCUT2D eigenvalue weighted by Gasteiger charge is -2.29. The number of carbonyl (C=O) groups excluding carboxylic acids is 3. The molecule has 3 aliphatic rings. The summed E-state index contributed by atoms with van der Waals surface area (Å²) in [4.78, 5) is 38.1. The lowest BCUT2D eigenvalue weighted by atomic mass is 10.0. The zero-order chi connectivity index (χ0) is 20.0. The number of rotatable bonds is 4. The second-order valence-electron chi connectivity index (χ2n) is 7.54. The van der Waals surface area contributed by atoms with E-state index in [0.29, 0.717) is 37.5 Å². The smallest absolute Gasteiger partial charge is 0.255 e. The Morgan fingerprint density at radius 1 is 1.10 bits per heavy atom. The van der Waals surface area contributed by atoms with Crippen molar-refractivity contribution in [1.82, 2.24) is 10.2 Å². The minimum absolute atomic E-state index is 0.130. The Morgan fingerprint density at radius 3 is 2.83 bits per heavy atom. The van der Waals surface area contributed by atoms with E-state index in [4.69, 9.17) is 9.47 Å². The fraction of sp³-hybridized carbons (Fsp3) is 0.318. The minimum Gasteiger partial charge on any atom is -0.493 e. The Labute approximate surface area is 167 Å². The summed E-state index contributed by atoms with van der Waals surface area (Å²) in [7, 11) is 0. The first-order valence-electron chi connectivity index (χ1n) is 9.73. The van der Waals surface area contributed by atoms with Gasteiger partial charge in [-0.15, -0.1) is 0 Å². The van der Waals surface area contributed by atoms with Gasteiger partial charge in [0.15, 0.2) is 0 Å². The van der Waals surface area contributed by atoms with Crippen LogP contribution in [0.2, 0.25) is 0 Å². The first-order valence-corrected chi connectivity index (χ1v) is 9.73. The van der Waals surface area contributed by atoms with E-state index in [9.17, 15) is 14.4 Å². The van der Waals surface area contributed by atoms with Gasteiger partial charge in [-0.25, -0.2) is 0 Å². The summed E-state index contributed by atoms with van der Waals surface area (Å²) >= 11 is 0. The Bertz CT molecular complexity index is 1020. The van der Waals surface area contributed by atoms with Gasteiger partial charge in [0.2, 0.25) is 11.8 Å². The van der Waals surface area contributed by atoms with Crippen LogP contribution < -0.4 is 14.8 Å². The molecular weight excluding hydrogens is 372 g/mol. The molecule has 2 unspecified atom stereocenters. The third kappa shape index (κ3) is 3.03. The van der Waals surface area contributed by atoms with Crippen LogP contribution in [0.3, 0.4) is 0 Å². The number of fused-ring (bicyclic) bond motifs is 2. The van der Waals surface area contributed by atoms with E-state index in [1.54, 1.807) is 12.1 Å². The largest absolute Gasteiger partial charge is 0.493 e. The van der Waals surface area contributed by atoms with E-state index < -0.39 is 11.9 Å². The Morgan fingerprint density at radius 2 is 1.97 bits per heavy atom. The number of carbonyl (C=O) groups is 3. The molecule has 0 saturated carbocycles. The fourth-order valence-corrected chi connectivity index (χ4v) is 4.25. The van der Waals surface area contributed by atoms with Gasteiger partial charge < -0.3 is 14.4 Å². The molecule has 0 bridgehead atoms. The van der Waals surface area contributed by atoms with Crippen LogP contribution in [0.15, 0.2) is 42.5 Å². The molecule has 7 heteroatoms. The molecule has 7 nitrogen and oxygen atoms in total. The number of nitrogens with zero attached hydrogens (tertiary/aromatic N) is 1. The van der Waals surface area contributed by atoms with Crippen molar-refractivity contribution < 1.29 is 23.9 Å². The van der Waals surface area contributed by atoms with Crippen LogP contribution in [-0.2, 0) is 16.1 Å². The second-order valence-corrected chi connectivity index (χ2v) is 7.54.